The van der Waals surface area contributed by atoms with E-state index < -0.39 is 5.97 Å². The van der Waals surface area contributed by atoms with Crippen molar-refractivity contribution in [1.82, 2.24) is 15.2 Å². The van der Waals surface area contributed by atoms with Gasteiger partial charge in [-0.2, -0.15) is 5.26 Å². The summed E-state index contributed by atoms with van der Waals surface area (Å²) in [7, 11) is 0. The van der Waals surface area contributed by atoms with Crippen LogP contribution in [0.5, 0.6) is 0 Å². The number of rotatable bonds is 6. The summed E-state index contributed by atoms with van der Waals surface area (Å²) in [5.74, 6) is 0.0766. The quantitative estimate of drug-likeness (QED) is 0.509. The molecule has 0 atom stereocenters. The number of furan rings is 1. The van der Waals surface area contributed by atoms with Crippen molar-refractivity contribution in [1.29, 1.82) is 5.26 Å². The number of carbonyl (C=O) groups is 1. The van der Waals surface area contributed by atoms with E-state index in [0.717, 1.165) is 11.8 Å². The topological polar surface area (TPSA) is 135 Å². The maximum Gasteiger partial charge on any atom is 0.316 e. The first-order chi connectivity index (χ1) is 12.6. The molecule has 0 saturated heterocycles. The molecule has 0 fully saturated rings. The van der Waals surface area contributed by atoms with Gasteiger partial charge in [-0.05, 0) is 24.6 Å². The minimum atomic E-state index is -0.556. The number of H-pyrrole nitrogens is 1. The van der Waals surface area contributed by atoms with Crippen LogP contribution >= 0.6 is 11.8 Å². The number of aromatic nitrogens is 3. The average molecular weight is 372 g/mol. The normalized spacial score (nSPS) is 10.5. The van der Waals surface area contributed by atoms with Crippen LogP contribution in [-0.2, 0) is 16.1 Å². The van der Waals surface area contributed by atoms with Gasteiger partial charge in [0, 0.05) is 6.07 Å². The first kappa shape index (κ1) is 17.5. The number of aryl methyl sites for hydroxylation is 1. The number of hydrogen-bond donors (Lipinski definition) is 1. The lowest BCUT2D eigenvalue weighted by atomic mass is 10.2. The lowest BCUT2D eigenvalue weighted by Gasteiger charge is -2.05. The maximum absolute atomic E-state index is 11.9. The van der Waals surface area contributed by atoms with E-state index in [-0.39, 0.29) is 29.7 Å². The lowest BCUT2D eigenvalue weighted by Crippen LogP contribution is -2.11. The Balaban J connectivity index is 1.56. The van der Waals surface area contributed by atoms with Crippen LogP contribution in [0.1, 0.15) is 17.0 Å². The van der Waals surface area contributed by atoms with E-state index in [2.05, 4.69) is 15.2 Å². The Kier molecular flexibility index (Phi) is 5.19. The van der Waals surface area contributed by atoms with Gasteiger partial charge in [-0.25, -0.2) is 0 Å². The molecule has 0 bridgehead atoms. The Hall–Kier alpha value is -3.32. The van der Waals surface area contributed by atoms with Crippen LogP contribution in [0.15, 0.2) is 43.1 Å². The van der Waals surface area contributed by atoms with Gasteiger partial charge in [-0.15, -0.1) is 10.2 Å². The van der Waals surface area contributed by atoms with Gasteiger partial charge in [-0.1, -0.05) is 11.8 Å². The summed E-state index contributed by atoms with van der Waals surface area (Å²) >= 11 is 1.01. The van der Waals surface area contributed by atoms with Crippen molar-refractivity contribution >= 4 is 17.7 Å². The maximum atomic E-state index is 11.9. The van der Waals surface area contributed by atoms with Crippen molar-refractivity contribution in [3.05, 3.63) is 51.8 Å². The lowest BCUT2D eigenvalue weighted by molar-refractivity contribution is -0.142. The van der Waals surface area contributed by atoms with Crippen molar-refractivity contribution in [3.8, 4) is 17.7 Å². The van der Waals surface area contributed by atoms with Gasteiger partial charge in [0.1, 0.15) is 6.07 Å². The summed E-state index contributed by atoms with van der Waals surface area (Å²) < 4.78 is 15.5. The van der Waals surface area contributed by atoms with Crippen molar-refractivity contribution < 1.29 is 18.4 Å². The molecule has 1 N–H and O–H groups in total. The molecule has 3 rings (SSSR count). The van der Waals surface area contributed by atoms with E-state index in [1.165, 1.54) is 12.3 Å². The van der Waals surface area contributed by atoms with Crippen LogP contribution in [-0.4, -0.2) is 26.9 Å². The van der Waals surface area contributed by atoms with Crippen molar-refractivity contribution in [3.63, 3.8) is 0 Å². The SMILES string of the molecule is Cc1cc(=O)[nH]c(SCC(=O)OCc2nnc(-c3ccco3)o2)c1C#N. The molecule has 0 aromatic carbocycles. The fourth-order valence-electron chi connectivity index (χ4n) is 2.03. The van der Waals surface area contributed by atoms with Gasteiger partial charge >= 0.3 is 5.97 Å². The van der Waals surface area contributed by atoms with E-state index in [1.54, 1.807) is 19.1 Å². The second kappa shape index (κ2) is 7.71. The first-order valence-corrected chi connectivity index (χ1v) is 8.34. The summed E-state index contributed by atoms with van der Waals surface area (Å²) in [6, 6.07) is 6.67. The van der Waals surface area contributed by atoms with E-state index in [0.29, 0.717) is 21.9 Å². The zero-order chi connectivity index (χ0) is 18.5. The molecular weight excluding hydrogens is 360 g/mol. The number of aromatic amines is 1. The Labute approximate surface area is 151 Å². The molecule has 0 saturated carbocycles. The standard InChI is InChI=1S/C16H12N4O5S/c1-9-5-12(21)18-16(10(9)6-17)26-8-14(22)24-7-13-19-20-15(25-13)11-3-2-4-23-11/h2-5H,7-8H2,1H3,(H,18,21). The van der Waals surface area contributed by atoms with Crippen molar-refractivity contribution in [2.24, 2.45) is 0 Å². The summed E-state index contributed by atoms with van der Waals surface area (Å²) in [5.41, 5.74) is 0.527. The third-order valence-corrected chi connectivity index (χ3v) is 4.18. The van der Waals surface area contributed by atoms with Crippen LogP contribution in [0.4, 0.5) is 0 Å². The van der Waals surface area contributed by atoms with Gasteiger partial charge < -0.3 is 18.6 Å². The number of nitrogens with zero attached hydrogens (tertiary/aromatic N) is 3. The Morgan fingerprint density at radius 1 is 1.46 bits per heavy atom. The molecule has 0 spiro atoms. The predicted molar refractivity (Wildman–Crippen MR) is 89.0 cm³/mol. The van der Waals surface area contributed by atoms with Crippen LogP contribution in [0.25, 0.3) is 11.7 Å². The van der Waals surface area contributed by atoms with Gasteiger partial charge in [-0.3, -0.25) is 9.59 Å². The monoisotopic (exact) mass is 372 g/mol. The molecule has 0 aliphatic carbocycles. The minimum Gasteiger partial charge on any atom is -0.459 e. The van der Waals surface area contributed by atoms with Gasteiger partial charge in [0.25, 0.3) is 11.8 Å². The summed E-state index contributed by atoms with van der Waals surface area (Å²) in [6.45, 7) is 1.46. The second-order valence-electron chi connectivity index (χ2n) is 5.06. The Morgan fingerprint density at radius 3 is 3.04 bits per heavy atom. The molecule has 0 radical (unpaired) electrons. The minimum absolute atomic E-state index is 0.0900. The number of pyridine rings is 1. The largest absolute Gasteiger partial charge is 0.459 e. The number of thioether (sulfide) groups is 1. The van der Waals surface area contributed by atoms with E-state index in [1.807, 2.05) is 6.07 Å². The number of esters is 1. The van der Waals surface area contributed by atoms with E-state index in [4.69, 9.17) is 18.8 Å². The van der Waals surface area contributed by atoms with Crippen LogP contribution in [0.2, 0.25) is 0 Å². The van der Waals surface area contributed by atoms with Crippen molar-refractivity contribution in [2.45, 2.75) is 18.6 Å². The Morgan fingerprint density at radius 2 is 2.31 bits per heavy atom. The third kappa shape index (κ3) is 4.01. The van der Waals surface area contributed by atoms with Crippen LogP contribution < -0.4 is 5.56 Å². The number of hydrogen-bond acceptors (Lipinski definition) is 9. The fourth-order valence-corrected chi connectivity index (χ4v) is 2.90. The predicted octanol–water partition coefficient (Wildman–Crippen LogP) is 2.03. The summed E-state index contributed by atoms with van der Waals surface area (Å²) in [5, 5.41) is 17.0. The molecule has 0 aliphatic rings. The van der Waals surface area contributed by atoms with Gasteiger partial charge in [0.2, 0.25) is 5.56 Å². The molecule has 3 heterocycles. The molecule has 10 heteroatoms. The molecule has 0 aliphatic heterocycles. The fraction of sp³-hybridized carbons (Fsp3) is 0.188. The molecule has 9 nitrogen and oxygen atoms in total. The Bertz CT molecular complexity index is 1020. The number of carbonyl (C=O) groups excluding carboxylic acids is 1. The molecule has 26 heavy (non-hydrogen) atoms. The van der Waals surface area contributed by atoms with Crippen LogP contribution in [0.3, 0.4) is 0 Å². The van der Waals surface area contributed by atoms with Crippen molar-refractivity contribution in [2.75, 3.05) is 5.75 Å². The van der Waals surface area contributed by atoms with Crippen LogP contribution in [0, 0.1) is 18.3 Å². The molecule has 0 amide bonds. The van der Waals surface area contributed by atoms with Gasteiger partial charge in [0.15, 0.2) is 12.4 Å². The number of nitriles is 1. The van der Waals surface area contributed by atoms with E-state index >= 15 is 0 Å². The second-order valence-corrected chi connectivity index (χ2v) is 6.05. The summed E-state index contributed by atoms with van der Waals surface area (Å²) in [4.78, 5) is 25.9. The smallest absolute Gasteiger partial charge is 0.316 e. The first-order valence-electron chi connectivity index (χ1n) is 7.35. The highest BCUT2D eigenvalue weighted by molar-refractivity contribution is 7.99. The highest BCUT2D eigenvalue weighted by Crippen LogP contribution is 2.21. The summed E-state index contributed by atoms with van der Waals surface area (Å²) in [6.07, 6.45) is 1.47. The highest BCUT2D eigenvalue weighted by atomic mass is 32.2. The molecule has 0 unspecified atom stereocenters. The van der Waals surface area contributed by atoms with Gasteiger partial charge in [0.05, 0.1) is 22.6 Å². The zero-order valence-electron chi connectivity index (χ0n) is 13.5. The molecule has 132 valence electrons. The number of ether oxygens (including phenoxy) is 1. The zero-order valence-corrected chi connectivity index (χ0v) is 14.3. The number of nitrogens with one attached hydrogen (secondary N) is 1. The molecule has 3 aromatic rings. The van der Waals surface area contributed by atoms with E-state index in [9.17, 15) is 9.59 Å². The highest BCUT2D eigenvalue weighted by Gasteiger charge is 2.14. The molecular formula is C16H12N4O5S. The average Bonchev–Trinajstić information content (AvgIpc) is 3.28. The third-order valence-electron chi connectivity index (χ3n) is 3.21. The molecule has 3 aromatic heterocycles.